The first-order chi connectivity index (χ1) is 8.41. The summed E-state index contributed by atoms with van der Waals surface area (Å²) in [6.07, 6.45) is 4.54. The molecular weight excluding hydrogens is 226 g/mol. The highest BCUT2D eigenvalue weighted by Gasteiger charge is 2.32. The molecule has 0 radical (unpaired) electrons. The maximum absolute atomic E-state index is 8.83. The Labute approximate surface area is 108 Å². The van der Waals surface area contributed by atoms with Crippen molar-refractivity contribution in [2.45, 2.75) is 52.4 Å². The van der Waals surface area contributed by atoms with Gasteiger partial charge in [-0.3, -0.25) is 0 Å². The molecule has 1 heterocycles. The van der Waals surface area contributed by atoms with Gasteiger partial charge in [0.1, 0.15) is 6.07 Å². The van der Waals surface area contributed by atoms with Crippen LogP contribution in [0, 0.1) is 22.7 Å². The number of nitrogens with two attached hydrogens (primary N) is 1. The maximum atomic E-state index is 8.83. The molecule has 1 aliphatic rings. The maximum Gasteiger partial charge on any atom is 0.229 e. The molecule has 0 aliphatic heterocycles. The van der Waals surface area contributed by atoms with Gasteiger partial charge in [-0.15, -0.1) is 0 Å². The number of oxazole rings is 1. The van der Waals surface area contributed by atoms with Gasteiger partial charge in [-0.1, -0.05) is 20.8 Å². The second-order valence-electron chi connectivity index (χ2n) is 6.29. The van der Waals surface area contributed by atoms with E-state index in [2.05, 4.69) is 25.8 Å². The van der Waals surface area contributed by atoms with Gasteiger partial charge in [-0.05, 0) is 37.0 Å². The molecule has 1 aromatic rings. The Morgan fingerprint density at radius 2 is 1.89 bits per heavy atom. The summed E-state index contributed by atoms with van der Waals surface area (Å²) >= 11 is 0. The van der Waals surface area contributed by atoms with Crippen molar-refractivity contribution >= 4 is 5.88 Å². The van der Waals surface area contributed by atoms with Gasteiger partial charge in [-0.25, -0.2) is 4.98 Å². The Balaban J connectivity index is 2.04. The summed E-state index contributed by atoms with van der Waals surface area (Å²) in [6.45, 7) is 6.90. The molecule has 1 saturated carbocycles. The molecule has 18 heavy (non-hydrogen) atoms. The van der Waals surface area contributed by atoms with E-state index in [0.717, 1.165) is 18.8 Å². The summed E-state index contributed by atoms with van der Waals surface area (Å²) in [6, 6.07) is 1.96. The second kappa shape index (κ2) is 4.64. The summed E-state index contributed by atoms with van der Waals surface area (Å²) in [5.74, 6) is 1.89. The van der Waals surface area contributed by atoms with E-state index in [1.165, 1.54) is 12.8 Å². The van der Waals surface area contributed by atoms with Crippen molar-refractivity contribution in [1.82, 2.24) is 4.98 Å². The van der Waals surface area contributed by atoms with Gasteiger partial charge in [0.25, 0.3) is 0 Å². The van der Waals surface area contributed by atoms with Crippen molar-refractivity contribution in [2.75, 3.05) is 5.73 Å². The molecule has 1 fully saturated rings. The molecule has 2 N–H and O–H groups in total. The molecule has 4 heteroatoms. The fraction of sp³-hybridized carbons (Fsp3) is 0.714. The zero-order valence-corrected chi connectivity index (χ0v) is 11.4. The first-order valence-electron chi connectivity index (χ1n) is 6.58. The molecule has 2 rings (SSSR count). The first kappa shape index (κ1) is 12.9. The highest BCUT2D eigenvalue weighted by molar-refractivity contribution is 5.40. The van der Waals surface area contributed by atoms with E-state index in [-0.39, 0.29) is 11.6 Å². The van der Waals surface area contributed by atoms with E-state index in [4.69, 9.17) is 15.4 Å². The predicted octanol–water partition coefficient (Wildman–Crippen LogP) is 3.45. The fourth-order valence-corrected chi connectivity index (χ4v) is 2.81. The average molecular weight is 247 g/mol. The van der Waals surface area contributed by atoms with Crippen molar-refractivity contribution in [3.05, 3.63) is 11.6 Å². The van der Waals surface area contributed by atoms with Crippen LogP contribution in [0.1, 0.15) is 64.0 Å². The number of nitrogens with zero attached hydrogens (tertiary/aromatic N) is 2. The van der Waals surface area contributed by atoms with Crippen LogP contribution in [0.15, 0.2) is 4.42 Å². The Morgan fingerprint density at radius 3 is 2.33 bits per heavy atom. The molecule has 0 atom stereocenters. The van der Waals surface area contributed by atoms with E-state index in [0.29, 0.717) is 17.2 Å². The lowest BCUT2D eigenvalue weighted by atomic mass is 9.70. The number of nitrogen functional groups attached to an aromatic ring is 1. The summed E-state index contributed by atoms with van der Waals surface area (Å²) in [4.78, 5) is 4.19. The van der Waals surface area contributed by atoms with Crippen LogP contribution in [0.25, 0.3) is 0 Å². The van der Waals surface area contributed by atoms with Gasteiger partial charge in [0.05, 0.1) is 0 Å². The van der Waals surface area contributed by atoms with Crippen molar-refractivity contribution in [2.24, 2.45) is 11.3 Å². The van der Waals surface area contributed by atoms with E-state index in [1.54, 1.807) is 0 Å². The predicted molar refractivity (Wildman–Crippen MR) is 69.8 cm³/mol. The molecule has 0 spiro atoms. The standard InChI is InChI=1S/C14H21N3O/c1-14(2,3)10-6-4-9(5-7-10)13-17-11(8-15)12(16)18-13/h9-10H,4-7,16H2,1-3H3. The number of aromatic nitrogens is 1. The highest BCUT2D eigenvalue weighted by Crippen LogP contribution is 2.43. The molecule has 0 aromatic carbocycles. The second-order valence-corrected chi connectivity index (χ2v) is 6.29. The molecule has 4 nitrogen and oxygen atoms in total. The Bertz CT molecular complexity index is 456. The molecule has 0 saturated heterocycles. The molecule has 0 amide bonds. The van der Waals surface area contributed by atoms with Gasteiger partial charge < -0.3 is 10.2 Å². The Kier molecular flexibility index (Phi) is 3.34. The molecule has 98 valence electrons. The largest absolute Gasteiger partial charge is 0.424 e. The van der Waals surface area contributed by atoms with E-state index < -0.39 is 0 Å². The molecule has 1 aliphatic carbocycles. The lowest BCUT2D eigenvalue weighted by Crippen LogP contribution is -2.25. The average Bonchev–Trinajstić information content (AvgIpc) is 2.69. The van der Waals surface area contributed by atoms with Crippen LogP contribution in [0.3, 0.4) is 0 Å². The highest BCUT2D eigenvalue weighted by atomic mass is 16.4. The first-order valence-corrected chi connectivity index (χ1v) is 6.58. The minimum Gasteiger partial charge on any atom is -0.424 e. The van der Waals surface area contributed by atoms with Crippen LogP contribution in [-0.4, -0.2) is 4.98 Å². The number of hydrogen-bond donors (Lipinski definition) is 1. The number of rotatable bonds is 1. The third kappa shape index (κ3) is 2.50. The van der Waals surface area contributed by atoms with Gasteiger partial charge in [-0.2, -0.15) is 5.26 Å². The van der Waals surface area contributed by atoms with Crippen molar-refractivity contribution in [1.29, 1.82) is 5.26 Å². The van der Waals surface area contributed by atoms with Crippen molar-refractivity contribution in [3.8, 4) is 6.07 Å². The SMILES string of the molecule is CC(C)(C)C1CCC(c2nc(C#N)c(N)o2)CC1. The van der Waals surface area contributed by atoms with Crippen molar-refractivity contribution < 1.29 is 4.42 Å². The van der Waals surface area contributed by atoms with Crippen LogP contribution in [-0.2, 0) is 0 Å². The minimum absolute atomic E-state index is 0.158. The smallest absolute Gasteiger partial charge is 0.229 e. The number of anilines is 1. The van der Waals surface area contributed by atoms with E-state index in [9.17, 15) is 0 Å². The van der Waals surface area contributed by atoms with Crippen LogP contribution in [0.2, 0.25) is 0 Å². The van der Waals surface area contributed by atoms with E-state index in [1.807, 2.05) is 6.07 Å². The van der Waals surface area contributed by atoms with Gasteiger partial charge >= 0.3 is 0 Å². The normalized spacial score (nSPS) is 24.8. The summed E-state index contributed by atoms with van der Waals surface area (Å²) < 4.78 is 5.41. The summed E-state index contributed by atoms with van der Waals surface area (Å²) in [5.41, 5.74) is 6.20. The molecular formula is C14H21N3O. The van der Waals surface area contributed by atoms with Gasteiger partial charge in [0, 0.05) is 5.92 Å². The van der Waals surface area contributed by atoms with Crippen molar-refractivity contribution in [3.63, 3.8) is 0 Å². The Hall–Kier alpha value is -1.50. The fourth-order valence-electron chi connectivity index (χ4n) is 2.81. The third-order valence-corrected chi connectivity index (χ3v) is 4.08. The molecule has 1 aromatic heterocycles. The Morgan fingerprint density at radius 1 is 1.28 bits per heavy atom. The van der Waals surface area contributed by atoms with Crippen LogP contribution in [0.5, 0.6) is 0 Å². The number of hydrogen-bond acceptors (Lipinski definition) is 4. The van der Waals surface area contributed by atoms with Gasteiger partial charge in [0.2, 0.25) is 17.5 Å². The molecule has 0 unspecified atom stereocenters. The van der Waals surface area contributed by atoms with Crippen LogP contribution in [0.4, 0.5) is 5.88 Å². The quantitative estimate of drug-likeness (QED) is 0.824. The van der Waals surface area contributed by atoms with E-state index >= 15 is 0 Å². The lowest BCUT2D eigenvalue weighted by Gasteiger charge is -2.36. The van der Waals surface area contributed by atoms with Crippen LogP contribution >= 0.6 is 0 Å². The monoisotopic (exact) mass is 247 g/mol. The molecule has 0 bridgehead atoms. The summed E-state index contributed by atoms with van der Waals surface area (Å²) in [7, 11) is 0. The van der Waals surface area contributed by atoms with Crippen LogP contribution < -0.4 is 5.73 Å². The third-order valence-electron chi connectivity index (χ3n) is 4.08. The zero-order valence-electron chi connectivity index (χ0n) is 11.4. The minimum atomic E-state index is 0.158. The van der Waals surface area contributed by atoms with Gasteiger partial charge in [0.15, 0.2) is 0 Å². The zero-order chi connectivity index (χ0) is 13.3. The topological polar surface area (TPSA) is 75.8 Å². The number of nitriles is 1. The lowest BCUT2D eigenvalue weighted by molar-refractivity contribution is 0.162. The summed E-state index contributed by atoms with van der Waals surface area (Å²) in [5, 5.41) is 8.83.